The van der Waals surface area contributed by atoms with Crippen molar-refractivity contribution >= 4 is 5.97 Å². The van der Waals surface area contributed by atoms with Crippen molar-refractivity contribution in [2.45, 2.75) is 45.6 Å². The van der Waals surface area contributed by atoms with Crippen molar-refractivity contribution in [2.24, 2.45) is 0 Å². The monoisotopic (exact) mass is 194 g/mol. The van der Waals surface area contributed by atoms with Crippen LogP contribution < -0.4 is 0 Å². The van der Waals surface area contributed by atoms with Gasteiger partial charge in [-0.25, -0.2) is 0 Å². The second-order valence-corrected chi connectivity index (χ2v) is 3.82. The molecule has 14 heavy (non-hydrogen) atoms. The highest BCUT2D eigenvalue weighted by atomic mass is 16.6. The Labute approximate surface area is 85.6 Å². The minimum Gasteiger partial charge on any atom is -0.455 e. The molecule has 0 aromatic heterocycles. The van der Waals surface area contributed by atoms with Gasteiger partial charge in [-0.2, -0.15) is 0 Å². The lowest BCUT2D eigenvalue weighted by molar-refractivity contribution is -0.151. The van der Waals surface area contributed by atoms with Crippen molar-refractivity contribution in [3.8, 4) is 0 Å². The van der Waals surface area contributed by atoms with Gasteiger partial charge < -0.3 is 4.74 Å². The van der Waals surface area contributed by atoms with E-state index in [-0.39, 0.29) is 5.97 Å². The average Bonchev–Trinajstić information content (AvgIpc) is 2.18. The van der Waals surface area contributed by atoms with E-state index in [0.717, 1.165) is 24.8 Å². The van der Waals surface area contributed by atoms with Crippen LogP contribution in [0.15, 0.2) is 23.8 Å². The van der Waals surface area contributed by atoms with Gasteiger partial charge in [0.05, 0.1) is 0 Å². The van der Waals surface area contributed by atoms with Crippen LogP contribution in [-0.2, 0) is 9.53 Å². The van der Waals surface area contributed by atoms with E-state index in [9.17, 15) is 4.79 Å². The summed E-state index contributed by atoms with van der Waals surface area (Å²) in [5.74, 6) is -0.214. The molecule has 0 fully saturated rings. The van der Waals surface area contributed by atoms with Gasteiger partial charge in [0.1, 0.15) is 5.60 Å². The molecule has 0 N–H and O–H groups in total. The standard InChI is InChI=1S/C12H18O2/c1-4-12(3,14-10(2)13)11-8-6-5-7-9-11/h6,8-9H,4-5,7H2,1-3H3. The smallest absolute Gasteiger partial charge is 0.303 e. The molecule has 0 aromatic carbocycles. The van der Waals surface area contributed by atoms with E-state index in [0.29, 0.717) is 0 Å². The molecule has 0 heterocycles. The Morgan fingerprint density at radius 1 is 1.57 bits per heavy atom. The third-order valence-electron chi connectivity index (χ3n) is 2.65. The molecule has 1 atom stereocenters. The summed E-state index contributed by atoms with van der Waals surface area (Å²) in [5.41, 5.74) is 0.685. The molecule has 1 unspecified atom stereocenters. The molecule has 0 aliphatic heterocycles. The Hall–Kier alpha value is -1.05. The van der Waals surface area contributed by atoms with Crippen LogP contribution in [-0.4, -0.2) is 11.6 Å². The molecule has 78 valence electrons. The summed E-state index contributed by atoms with van der Waals surface area (Å²) in [6.07, 6.45) is 9.30. The van der Waals surface area contributed by atoms with Gasteiger partial charge in [0.15, 0.2) is 0 Å². The summed E-state index contributed by atoms with van der Waals surface area (Å²) in [4.78, 5) is 11.0. The fourth-order valence-electron chi connectivity index (χ4n) is 1.66. The van der Waals surface area contributed by atoms with Crippen LogP contribution >= 0.6 is 0 Å². The molecule has 1 aliphatic carbocycles. The second-order valence-electron chi connectivity index (χ2n) is 3.82. The summed E-state index contributed by atoms with van der Waals surface area (Å²) in [6, 6.07) is 0. The normalized spacial score (nSPS) is 19.8. The van der Waals surface area contributed by atoms with Crippen LogP contribution in [0.5, 0.6) is 0 Å². The van der Waals surface area contributed by atoms with Crippen LogP contribution in [0.25, 0.3) is 0 Å². The van der Waals surface area contributed by atoms with Gasteiger partial charge in [0.2, 0.25) is 0 Å². The lowest BCUT2D eigenvalue weighted by Gasteiger charge is -2.30. The van der Waals surface area contributed by atoms with E-state index in [2.05, 4.69) is 18.2 Å². The van der Waals surface area contributed by atoms with Gasteiger partial charge in [0.25, 0.3) is 0 Å². The summed E-state index contributed by atoms with van der Waals surface area (Å²) >= 11 is 0. The molecule has 0 saturated carbocycles. The van der Waals surface area contributed by atoms with Gasteiger partial charge in [-0.1, -0.05) is 25.2 Å². The van der Waals surface area contributed by atoms with Gasteiger partial charge in [0, 0.05) is 6.92 Å². The molecule has 0 bridgehead atoms. The van der Waals surface area contributed by atoms with Gasteiger partial charge in [-0.15, -0.1) is 0 Å². The maximum atomic E-state index is 11.0. The van der Waals surface area contributed by atoms with Crippen molar-refractivity contribution in [2.75, 3.05) is 0 Å². The number of hydrogen-bond donors (Lipinski definition) is 0. The highest BCUT2D eigenvalue weighted by molar-refractivity contribution is 5.67. The van der Waals surface area contributed by atoms with Crippen LogP contribution in [0.4, 0.5) is 0 Å². The summed E-state index contributed by atoms with van der Waals surface area (Å²) < 4.78 is 5.37. The zero-order valence-corrected chi connectivity index (χ0v) is 9.17. The largest absolute Gasteiger partial charge is 0.455 e. The summed E-state index contributed by atoms with van der Waals surface area (Å²) in [7, 11) is 0. The minimum absolute atomic E-state index is 0.214. The number of ether oxygens (including phenoxy) is 1. The SMILES string of the molecule is CCC(C)(OC(C)=O)C1=CCCC=C1. The summed E-state index contributed by atoms with van der Waals surface area (Å²) in [6.45, 7) is 5.46. The zero-order chi connectivity index (χ0) is 10.6. The Morgan fingerprint density at radius 3 is 2.71 bits per heavy atom. The number of rotatable bonds is 3. The quantitative estimate of drug-likeness (QED) is 0.645. The van der Waals surface area contributed by atoms with Crippen molar-refractivity contribution in [1.29, 1.82) is 0 Å². The van der Waals surface area contributed by atoms with Gasteiger partial charge in [-0.3, -0.25) is 4.79 Å². The van der Waals surface area contributed by atoms with E-state index in [1.165, 1.54) is 6.92 Å². The van der Waals surface area contributed by atoms with Gasteiger partial charge in [-0.05, 0) is 31.8 Å². The lowest BCUT2D eigenvalue weighted by Crippen LogP contribution is -2.32. The molecular weight excluding hydrogens is 176 g/mol. The summed E-state index contributed by atoms with van der Waals surface area (Å²) in [5, 5.41) is 0. The van der Waals surface area contributed by atoms with E-state index >= 15 is 0 Å². The predicted octanol–water partition coefficient (Wildman–Crippen LogP) is 2.99. The maximum Gasteiger partial charge on any atom is 0.303 e. The highest BCUT2D eigenvalue weighted by Crippen LogP contribution is 2.29. The number of esters is 1. The molecular formula is C12H18O2. The third-order valence-corrected chi connectivity index (χ3v) is 2.65. The first-order valence-corrected chi connectivity index (χ1v) is 5.15. The van der Waals surface area contributed by atoms with E-state index in [1.807, 2.05) is 13.8 Å². The number of carbonyl (C=O) groups excluding carboxylic acids is 1. The number of hydrogen-bond acceptors (Lipinski definition) is 2. The van der Waals surface area contributed by atoms with Crippen molar-refractivity contribution < 1.29 is 9.53 Å². The zero-order valence-electron chi connectivity index (χ0n) is 9.17. The molecule has 2 heteroatoms. The first-order chi connectivity index (χ1) is 6.58. The topological polar surface area (TPSA) is 26.3 Å². The number of allylic oxidation sites excluding steroid dienone is 2. The molecule has 0 aromatic rings. The second kappa shape index (κ2) is 4.45. The third kappa shape index (κ3) is 2.47. The molecule has 1 rings (SSSR count). The van der Waals surface area contributed by atoms with Crippen molar-refractivity contribution in [1.82, 2.24) is 0 Å². The van der Waals surface area contributed by atoms with E-state index in [1.54, 1.807) is 0 Å². The van der Waals surface area contributed by atoms with Crippen molar-refractivity contribution in [3.63, 3.8) is 0 Å². The van der Waals surface area contributed by atoms with Crippen molar-refractivity contribution in [3.05, 3.63) is 23.8 Å². The highest BCUT2D eigenvalue weighted by Gasteiger charge is 2.29. The lowest BCUT2D eigenvalue weighted by atomic mass is 9.89. The molecule has 0 radical (unpaired) electrons. The molecule has 2 nitrogen and oxygen atoms in total. The van der Waals surface area contributed by atoms with E-state index < -0.39 is 5.60 Å². The first kappa shape index (κ1) is 11.0. The number of carbonyl (C=O) groups is 1. The van der Waals surface area contributed by atoms with Crippen LogP contribution in [0.2, 0.25) is 0 Å². The molecule has 0 saturated heterocycles. The molecule has 1 aliphatic rings. The average molecular weight is 194 g/mol. The fourth-order valence-corrected chi connectivity index (χ4v) is 1.66. The minimum atomic E-state index is -0.442. The predicted molar refractivity (Wildman–Crippen MR) is 56.9 cm³/mol. The molecule has 0 amide bonds. The van der Waals surface area contributed by atoms with Crippen LogP contribution in [0.3, 0.4) is 0 Å². The Kier molecular flexibility index (Phi) is 3.50. The fraction of sp³-hybridized carbons (Fsp3) is 0.583. The Balaban J connectivity index is 2.82. The van der Waals surface area contributed by atoms with Gasteiger partial charge >= 0.3 is 5.97 Å². The first-order valence-electron chi connectivity index (χ1n) is 5.15. The Bertz CT molecular complexity index is 276. The van der Waals surface area contributed by atoms with E-state index in [4.69, 9.17) is 4.74 Å². The maximum absolute atomic E-state index is 11.0. The molecule has 0 spiro atoms. The Morgan fingerprint density at radius 2 is 2.29 bits per heavy atom. The van der Waals surface area contributed by atoms with Crippen LogP contribution in [0.1, 0.15) is 40.0 Å². The van der Waals surface area contributed by atoms with Crippen LogP contribution in [0, 0.1) is 0 Å².